The molecule has 1 unspecified atom stereocenters. The first-order valence-corrected chi connectivity index (χ1v) is 30.6. The Kier molecular flexibility index (Phi) is 46.7. The van der Waals surface area contributed by atoms with Crippen LogP contribution in [0.4, 0.5) is 0 Å². The monoisotopic (exact) mass is 1280 g/mol. The highest BCUT2D eigenvalue weighted by Crippen LogP contribution is 2.26. The molecule has 0 aromatic rings. The number of hydrogen-bond donors (Lipinski definition) is 5. The first-order valence-electron chi connectivity index (χ1n) is 30.6. The lowest BCUT2D eigenvalue weighted by molar-refractivity contribution is -0.148. The molecule has 23 heteroatoms. The van der Waals surface area contributed by atoms with Crippen molar-refractivity contribution in [3.63, 3.8) is 0 Å². The Balaban J connectivity index is -0.00000175. The van der Waals surface area contributed by atoms with Crippen molar-refractivity contribution >= 4 is 65.0 Å². The SMILES string of the molecule is C#C.C#C.C=C(O)CCCC(=C)CC1C(=O)NCC(=O)N(C)CC(=O)N(C)[C@@](C)(CC(C)C)C(=O)NC(=C(C)C)C(=O)N(C)CC(=O)NC(=C)C(=O)N[C@@H](C)C(=O)N(C)/C(=C\C(C)C)C(=O)N(C)/C(=C\C(C)C)C(=O)N(C)CC(=O)N1C.CC.CC(C)C.CCC. The van der Waals surface area contributed by atoms with Gasteiger partial charge in [-0.05, 0) is 82.6 Å². The topological polar surface area (TPSA) is 279 Å². The quantitative estimate of drug-likeness (QED) is 0.0646. The number of carbonyl (C=O) groups is 11. The number of allylic oxidation sites excluding steroid dienone is 4. The summed E-state index contributed by atoms with van der Waals surface area (Å²) in [6.45, 7) is 40.2. The Morgan fingerprint density at radius 1 is 0.670 bits per heavy atom. The lowest BCUT2D eigenvalue weighted by atomic mass is 9.87. The van der Waals surface area contributed by atoms with Gasteiger partial charge in [-0.3, -0.25) is 52.7 Å². The lowest BCUT2D eigenvalue weighted by Gasteiger charge is -2.39. The fourth-order valence-electron chi connectivity index (χ4n) is 8.05. The van der Waals surface area contributed by atoms with Crippen LogP contribution < -0.4 is 21.3 Å². The minimum absolute atomic E-state index is 0.0496. The molecule has 11 amide bonds. The van der Waals surface area contributed by atoms with E-state index in [0.717, 1.165) is 40.2 Å². The second kappa shape index (κ2) is 46.6. The largest absolute Gasteiger partial charge is 0.513 e. The first-order chi connectivity index (χ1) is 42.0. The number of aliphatic hydroxyl groups excluding tert-OH is 1. The van der Waals surface area contributed by atoms with E-state index in [1.165, 1.54) is 81.8 Å². The highest BCUT2D eigenvalue weighted by atomic mass is 16.3. The van der Waals surface area contributed by atoms with Crippen LogP contribution in [0.3, 0.4) is 0 Å². The predicted octanol–water partition coefficient (Wildman–Crippen LogP) is 6.91. The smallest absolute Gasteiger partial charge is 0.274 e. The molecule has 91 heavy (non-hydrogen) atoms. The maximum atomic E-state index is 14.5. The van der Waals surface area contributed by atoms with Gasteiger partial charge in [0.15, 0.2) is 0 Å². The highest BCUT2D eigenvalue weighted by Gasteiger charge is 2.42. The summed E-state index contributed by atoms with van der Waals surface area (Å²) in [5.74, 6) is -8.66. The van der Waals surface area contributed by atoms with Gasteiger partial charge < -0.3 is 60.7 Å². The van der Waals surface area contributed by atoms with E-state index in [9.17, 15) is 57.8 Å². The summed E-state index contributed by atoms with van der Waals surface area (Å²) >= 11 is 0. The highest BCUT2D eigenvalue weighted by molar-refractivity contribution is 6.06. The van der Waals surface area contributed by atoms with Crippen molar-refractivity contribution in [1.29, 1.82) is 0 Å². The number of amides is 11. The predicted molar refractivity (Wildman–Crippen MR) is 363 cm³/mol. The molecule has 0 radical (unpaired) electrons. The van der Waals surface area contributed by atoms with Crippen molar-refractivity contribution in [2.75, 3.05) is 75.5 Å². The molecule has 1 heterocycles. The standard InChI is InChI=1S/C55H87N11O12.C4H10.C3H8.C2H6.2C2H2/c1-32(2)24-41-51(75)62(16)30-45(70)63(17)40(26-36(9)22-21-23-37(10)67)49(73)56-28-44(69)60(14)31-46(71)66(20)55(13,27-34(5)6)54(78)59-47(35(7)8)53(77)61(15)29-43(68)57-38(11)48(72)58-39(12)50(74)64(18)42(25-33(3)4)52(76)65(41)19;1-4(2)3;1-3-2;3*1-2/h24-25,32-34,39-40,67H,9-11,21-23,26-31H2,1-8,12-20H3,(H,56,73)(H,57,68)(H,58,72)(H,59,78);4H,1-3H3;3H2,1-2H3;1-2H3;2*1-2H/b41-24-,42-25-;;;;;/t39-,40?,55-;;;;;/m0...../s1. The minimum Gasteiger partial charge on any atom is -0.513 e. The summed E-state index contributed by atoms with van der Waals surface area (Å²) in [4.78, 5) is 161. The number of terminal acetylenes is 2. The molecule has 1 fully saturated rings. The summed E-state index contributed by atoms with van der Waals surface area (Å²) in [5.41, 5.74) is -1.76. The first kappa shape index (κ1) is 91.3. The van der Waals surface area contributed by atoms with Crippen LogP contribution in [0.5, 0.6) is 0 Å². The Bertz CT molecular complexity index is 2620. The number of nitrogens with zero attached hydrogens (tertiary/aromatic N) is 7. The van der Waals surface area contributed by atoms with Gasteiger partial charge in [0.05, 0.1) is 37.6 Å². The molecular formula is C68H115N11O12. The summed E-state index contributed by atoms with van der Waals surface area (Å²) in [5, 5.41) is 19.6. The van der Waals surface area contributed by atoms with Crippen molar-refractivity contribution in [2.24, 2.45) is 23.7 Å². The summed E-state index contributed by atoms with van der Waals surface area (Å²) in [6.07, 6.45) is 21.3. The van der Waals surface area contributed by atoms with Gasteiger partial charge in [-0.2, -0.15) is 0 Å². The van der Waals surface area contributed by atoms with E-state index in [1.807, 2.05) is 27.7 Å². The maximum absolute atomic E-state index is 14.5. The molecule has 1 saturated heterocycles. The molecule has 0 aromatic carbocycles. The fraction of sp³-hybridized carbons (Fsp3) is 0.603. The molecule has 1 rings (SSSR count). The third-order valence-electron chi connectivity index (χ3n) is 12.7. The zero-order valence-corrected chi connectivity index (χ0v) is 59.7. The third kappa shape index (κ3) is 33.8. The van der Waals surface area contributed by atoms with Crippen LogP contribution in [-0.4, -0.2) is 198 Å². The Morgan fingerprint density at radius 2 is 1.12 bits per heavy atom. The minimum atomic E-state index is -1.61. The van der Waals surface area contributed by atoms with Crippen LogP contribution in [-0.2, 0) is 52.7 Å². The van der Waals surface area contributed by atoms with Gasteiger partial charge in [0.25, 0.3) is 23.6 Å². The van der Waals surface area contributed by atoms with Gasteiger partial charge in [0.1, 0.15) is 34.7 Å². The number of carbonyl (C=O) groups excluding carboxylic acids is 11. The van der Waals surface area contributed by atoms with E-state index in [1.54, 1.807) is 41.5 Å². The summed E-state index contributed by atoms with van der Waals surface area (Å²) in [7, 11) is 9.29. The second-order valence-corrected chi connectivity index (χ2v) is 23.9. The van der Waals surface area contributed by atoms with E-state index < -0.39 is 114 Å². The van der Waals surface area contributed by atoms with Crippen molar-refractivity contribution in [1.82, 2.24) is 55.6 Å². The molecule has 0 bridgehead atoms. The Morgan fingerprint density at radius 3 is 1.56 bits per heavy atom. The van der Waals surface area contributed by atoms with Gasteiger partial charge >= 0.3 is 0 Å². The van der Waals surface area contributed by atoms with Crippen LogP contribution in [0.1, 0.15) is 156 Å². The lowest BCUT2D eigenvalue weighted by Crippen LogP contribution is -2.60. The molecule has 1 aliphatic rings. The molecular weight excluding hydrogens is 1160 g/mol. The van der Waals surface area contributed by atoms with Gasteiger partial charge in [0.2, 0.25) is 41.4 Å². The van der Waals surface area contributed by atoms with Crippen LogP contribution in [0, 0.1) is 49.4 Å². The molecule has 5 N–H and O–H groups in total. The maximum Gasteiger partial charge on any atom is 0.274 e. The van der Waals surface area contributed by atoms with E-state index in [0.29, 0.717) is 24.0 Å². The van der Waals surface area contributed by atoms with E-state index >= 15 is 0 Å². The summed E-state index contributed by atoms with van der Waals surface area (Å²) < 4.78 is 0. The molecule has 1 aliphatic heterocycles. The molecule has 0 aromatic heterocycles. The van der Waals surface area contributed by atoms with Gasteiger partial charge in [-0.1, -0.05) is 134 Å². The van der Waals surface area contributed by atoms with Crippen molar-refractivity contribution < 1.29 is 57.8 Å². The second-order valence-electron chi connectivity index (χ2n) is 23.9. The van der Waals surface area contributed by atoms with Crippen LogP contribution >= 0.6 is 0 Å². The van der Waals surface area contributed by atoms with Gasteiger partial charge in [0, 0.05) is 55.8 Å². The van der Waals surface area contributed by atoms with Crippen molar-refractivity contribution in [3.8, 4) is 25.7 Å². The van der Waals surface area contributed by atoms with Crippen LogP contribution in [0.2, 0.25) is 0 Å². The molecule has 3 atom stereocenters. The van der Waals surface area contributed by atoms with Crippen LogP contribution in [0.15, 0.2) is 71.6 Å². The molecule has 0 aliphatic carbocycles. The van der Waals surface area contributed by atoms with E-state index in [-0.39, 0.29) is 59.9 Å². The zero-order valence-electron chi connectivity index (χ0n) is 59.7. The van der Waals surface area contributed by atoms with Crippen molar-refractivity contribution in [3.05, 3.63) is 71.6 Å². The average molecular weight is 1280 g/mol. The number of hydrogen-bond acceptors (Lipinski definition) is 12. The van der Waals surface area contributed by atoms with E-state index in [2.05, 4.69) is 101 Å². The molecule has 514 valence electrons. The number of nitrogens with one attached hydrogen (secondary N) is 4. The number of likely N-dealkylation sites (N-methyl/N-ethyl adjacent to an activating group) is 7. The number of aliphatic hydroxyl groups is 1. The Hall–Kier alpha value is -8.47. The average Bonchev–Trinajstić information content (AvgIpc) is 1.05. The van der Waals surface area contributed by atoms with Gasteiger partial charge in [-0.25, -0.2) is 0 Å². The van der Waals surface area contributed by atoms with Crippen LogP contribution in [0.25, 0.3) is 0 Å². The third-order valence-corrected chi connectivity index (χ3v) is 12.7. The van der Waals surface area contributed by atoms with Gasteiger partial charge in [-0.15, -0.1) is 25.7 Å². The Labute approximate surface area is 546 Å². The van der Waals surface area contributed by atoms with Crippen molar-refractivity contribution in [2.45, 2.75) is 174 Å². The number of rotatable bonds is 10. The molecule has 0 saturated carbocycles. The summed E-state index contributed by atoms with van der Waals surface area (Å²) in [6, 6.07) is -2.60. The molecule has 0 spiro atoms. The normalized spacial score (nSPS) is 19.8. The fourth-order valence-corrected chi connectivity index (χ4v) is 8.05. The van der Waals surface area contributed by atoms with E-state index in [4.69, 9.17) is 0 Å². The molecule has 23 nitrogen and oxygen atoms in total. The zero-order chi connectivity index (χ0) is 72.7.